The van der Waals surface area contributed by atoms with Crippen LogP contribution in [0, 0.1) is 11.3 Å². The van der Waals surface area contributed by atoms with Crippen LogP contribution in [0.25, 0.3) is 0 Å². The monoisotopic (exact) mass is 195 g/mol. The summed E-state index contributed by atoms with van der Waals surface area (Å²) in [5, 5.41) is 14.6. The lowest BCUT2D eigenvalue weighted by molar-refractivity contribution is -0.120. The van der Waals surface area contributed by atoms with E-state index in [2.05, 4.69) is 16.7 Å². The first-order valence-electron chi connectivity index (χ1n) is 5.12. The fourth-order valence-electron chi connectivity index (χ4n) is 1.81. The number of carbonyl (C=O) groups excluding carboxylic acids is 1. The van der Waals surface area contributed by atoms with E-state index >= 15 is 0 Å². The molecule has 1 amide bonds. The number of amides is 1. The molecule has 78 valence electrons. The standard InChI is InChI=1S/C10H17N3O/c1-12-10(14)6-9(7-11)13-8-4-2-3-5-8/h8-9,13H,2-6H2,1H3,(H,12,14). The Bertz CT molecular complexity index is 228. The summed E-state index contributed by atoms with van der Waals surface area (Å²) in [6.45, 7) is 0. The van der Waals surface area contributed by atoms with Crippen LogP contribution < -0.4 is 10.6 Å². The smallest absolute Gasteiger partial charge is 0.222 e. The molecule has 0 aromatic rings. The quantitative estimate of drug-likeness (QED) is 0.688. The molecule has 0 spiro atoms. The maximum absolute atomic E-state index is 11.1. The maximum atomic E-state index is 11.1. The number of rotatable bonds is 4. The Kier molecular flexibility index (Phi) is 4.41. The van der Waals surface area contributed by atoms with Crippen molar-refractivity contribution in [2.45, 2.75) is 44.2 Å². The van der Waals surface area contributed by atoms with Gasteiger partial charge in [-0.15, -0.1) is 0 Å². The molecule has 1 atom stereocenters. The largest absolute Gasteiger partial charge is 0.359 e. The van der Waals surface area contributed by atoms with E-state index in [1.807, 2.05) is 0 Å². The molecule has 0 heterocycles. The van der Waals surface area contributed by atoms with Crippen molar-refractivity contribution in [3.8, 4) is 6.07 Å². The first-order valence-corrected chi connectivity index (χ1v) is 5.12. The molecular formula is C10H17N3O. The normalized spacial score (nSPS) is 18.9. The van der Waals surface area contributed by atoms with Gasteiger partial charge in [0.05, 0.1) is 12.5 Å². The van der Waals surface area contributed by atoms with E-state index in [0.29, 0.717) is 6.04 Å². The van der Waals surface area contributed by atoms with E-state index in [1.54, 1.807) is 7.05 Å². The van der Waals surface area contributed by atoms with Gasteiger partial charge in [-0.2, -0.15) is 5.26 Å². The van der Waals surface area contributed by atoms with Crippen molar-refractivity contribution < 1.29 is 4.79 Å². The Morgan fingerprint density at radius 1 is 1.57 bits per heavy atom. The van der Waals surface area contributed by atoms with Crippen molar-refractivity contribution in [1.82, 2.24) is 10.6 Å². The van der Waals surface area contributed by atoms with Gasteiger partial charge < -0.3 is 5.32 Å². The second kappa shape index (κ2) is 5.61. The molecule has 0 saturated heterocycles. The molecule has 14 heavy (non-hydrogen) atoms. The van der Waals surface area contributed by atoms with E-state index in [0.717, 1.165) is 12.8 Å². The highest BCUT2D eigenvalue weighted by atomic mass is 16.1. The molecule has 0 aromatic carbocycles. The Hall–Kier alpha value is -1.08. The van der Waals surface area contributed by atoms with Crippen LogP contribution in [0.15, 0.2) is 0 Å². The van der Waals surface area contributed by atoms with Gasteiger partial charge in [-0.05, 0) is 12.8 Å². The third-order valence-corrected chi connectivity index (χ3v) is 2.62. The summed E-state index contributed by atoms with van der Waals surface area (Å²) >= 11 is 0. The molecule has 0 radical (unpaired) electrons. The van der Waals surface area contributed by atoms with Gasteiger partial charge in [0.1, 0.15) is 6.04 Å². The Morgan fingerprint density at radius 2 is 2.21 bits per heavy atom. The van der Waals surface area contributed by atoms with Gasteiger partial charge in [-0.3, -0.25) is 10.1 Å². The topological polar surface area (TPSA) is 64.9 Å². The SMILES string of the molecule is CNC(=O)CC(C#N)NC1CCCC1. The highest BCUT2D eigenvalue weighted by molar-refractivity contribution is 5.76. The zero-order valence-corrected chi connectivity index (χ0v) is 8.55. The minimum absolute atomic E-state index is 0.0814. The minimum Gasteiger partial charge on any atom is -0.359 e. The van der Waals surface area contributed by atoms with E-state index in [9.17, 15) is 4.79 Å². The summed E-state index contributed by atoms with van der Waals surface area (Å²) in [6, 6.07) is 2.22. The fraction of sp³-hybridized carbons (Fsp3) is 0.800. The molecule has 4 nitrogen and oxygen atoms in total. The van der Waals surface area contributed by atoms with E-state index in [1.165, 1.54) is 12.8 Å². The van der Waals surface area contributed by atoms with Gasteiger partial charge in [0.2, 0.25) is 5.91 Å². The van der Waals surface area contributed by atoms with Crippen molar-refractivity contribution >= 4 is 5.91 Å². The molecule has 1 rings (SSSR count). The first kappa shape index (κ1) is 11.0. The number of nitrogens with one attached hydrogen (secondary N) is 2. The molecule has 0 aromatic heterocycles. The van der Waals surface area contributed by atoms with Gasteiger partial charge >= 0.3 is 0 Å². The lowest BCUT2D eigenvalue weighted by Crippen LogP contribution is -2.39. The van der Waals surface area contributed by atoms with Crippen molar-refractivity contribution in [3.05, 3.63) is 0 Å². The zero-order valence-electron chi connectivity index (χ0n) is 8.55. The highest BCUT2D eigenvalue weighted by Gasteiger charge is 2.20. The number of hydrogen-bond donors (Lipinski definition) is 2. The Labute approximate surface area is 84.7 Å². The second-order valence-electron chi connectivity index (χ2n) is 3.71. The summed E-state index contributed by atoms with van der Waals surface area (Å²) in [5.41, 5.74) is 0. The predicted octanol–water partition coefficient (Wildman–Crippen LogP) is 0.547. The highest BCUT2D eigenvalue weighted by Crippen LogP contribution is 2.18. The molecule has 1 aliphatic rings. The van der Waals surface area contributed by atoms with Gasteiger partial charge in [0, 0.05) is 13.1 Å². The van der Waals surface area contributed by atoms with E-state index in [-0.39, 0.29) is 18.4 Å². The molecular weight excluding hydrogens is 178 g/mol. The lowest BCUT2D eigenvalue weighted by atomic mass is 10.1. The lowest BCUT2D eigenvalue weighted by Gasteiger charge is -2.16. The molecule has 4 heteroatoms. The molecule has 1 saturated carbocycles. The number of hydrogen-bond acceptors (Lipinski definition) is 3. The third-order valence-electron chi connectivity index (χ3n) is 2.62. The van der Waals surface area contributed by atoms with Crippen LogP contribution in [0.2, 0.25) is 0 Å². The van der Waals surface area contributed by atoms with Crippen LogP contribution in [0.4, 0.5) is 0 Å². The van der Waals surface area contributed by atoms with Crippen molar-refractivity contribution in [2.75, 3.05) is 7.05 Å². The van der Waals surface area contributed by atoms with E-state index in [4.69, 9.17) is 5.26 Å². The molecule has 1 unspecified atom stereocenters. The van der Waals surface area contributed by atoms with Gasteiger partial charge in [-0.1, -0.05) is 12.8 Å². The summed E-state index contributed by atoms with van der Waals surface area (Å²) in [5.74, 6) is -0.0814. The van der Waals surface area contributed by atoms with Crippen LogP contribution in [0.1, 0.15) is 32.1 Å². The molecule has 0 aliphatic heterocycles. The second-order valence-corrected chi connectivity index (χ2v) is 3.71. The number of nitrogens with zero attached hydrogens (tertiary/aromatic N) is 1. The van der Waals surface area contributed by atoms with Gasteiger partial charge in [-0.25, -0.2) is 0 Å². The first-order chi connectivity index (χ1) is 6.76. The van der Waals surface area contributed by atoms with Crippen molar-refractivity contribution in [3.63, 3.8) is 0 Å². The molecule has 1 fully saturated rings. The van der Waals surface area contributed by atoms with Crippen LogP contribution in [0.5, 0.6) is 0 Å². The Balaban J connectivity index is 2.31. The minimum atomic E-state index is -0.335. The summed E-state index contributed by atoms with van der Waals surface area (Å²) in [7, 11) is 1.59. The fourth-order valence-corrected chi connectivity index (χ4v) is 1.81. The summed E-state index contributed by atoms with van der Waals surface area (Å²) in [6.07, 6.45) is 4.98. The average molecular weight is 195 g/mol. The number of carbonyl (C=O) groups is 1. The van der Waals surface area contributed by atoms with Crippen LogP contribution in [0.3, 0.4) is 0 Å². The molecule has 2 N–H and O–H groups in total. The zero-order chi connectivity index (χ0) is 10.4. The van der Waals surface area contributed by atoms with Crippen molar-refractivity contribution in [2.24, 2.45) is 0 Å². The van der Waals surface area contributed by atoms with E-state index < -0.39 is 0 Å². The average Bonchev–Trinajstić information content (AvgIpc) is 2.69. The van der Waals surface area contributed by atoms with Crippen molar-refractivity contribution in [1.29, 1.82) is 5.26 Å². The van der Waals surface area contributed by atoms with Crippen LogP contribution in [-0.4, -0.2) is 25.0 Å². The predicted molar refractivity (Wildman–Crippen MR) is 53.5 cm³/mol. The summed E-state index contributed by atoms with van der Waals surface area (Å²) < 4.78 is 0. The van der Waals surface area contributed by atoms with Crippen LogP contribution >= 0.6 is 0 Å². The van der Waals surface area contributed by atoms with Gasteiger partial charge in [0.25, 0.3) is 0 Å². The van der Waals surface area contributed by atoms with Gasteiger partial charge in [0.15, 0.2) is 0 Å². The molecule has 0 bridgehead atoms. The van der Waals surface area contributed by atoms with Crippen LogP contribution in [-0.2, 0) is 4.79 Å². The molecule has 1 aliphatic carbocycles. The third kappa shape index (κ3) is 3.35. The maximum Gasteiger partial charge on any atom is 0.222 e. The summed E-state index contributed by atoms with van der Waals surface area (Å²) in [4.78, 5) is 11.1. The number of nitriles is 1. The Morgan fingerprint density at radius 3 is 2.71 bits per heavy atom.